The summed E-state index contributed by atoms with van der Waals surface area (Å²) in [5.74, 6) is -0.931. The quantitative estimate of drug-likeness (QED) is 0.694. The summed E-state index contributed by atoms with van der Waals surface area (Å²) in [6.07, 6.45) is -1.34. The van der Waals surface area contributed by atoms with Gasteiger partial charge in [-0.25, -0.2) is 9.37 Å². The number of alkyl halides is 3. The highest BCUT2D eigenvalue weighted by molar-refractivity contribution is 6.00. The molecule has 3 rings (SSSR count). The van der Waals surface area contributed by atoms with Crippen molar-refractivity contribution in [1.82, 2.24) is 14.9 Å². The Kier molecular flexibility index (Phi) is 4.98. The SMILES string of the molecule is Cn1ccnc1-c1ccccc1C(=O)NCc1cc(F)cc(C(F)(F)F)c1. The van der Waals surface area contributed by atoms with Crippen LogP contribution in [0.4, 0.5) is 17.6 Å². The van der Waals surface area contributed by atoms with Crippen molar-refractivity contribution in [3.63, 3.8) is 0 Å². The van der Waals surface area contributed by atoms with E-state index < -0.39 is 23.5 Å². The van der Waals surface area contributed by atoms with Crippen molar-refractivity contribution in [2.24, 2.45) is 7.05 Å². The molecule has 0 aliphatic heterocycles. The van der Waals surface area contributed by atoms with Gasteiger partial charge in [0.15, 0.2) is 0 Å². The minimum Gasteiger partial charge on any atom is -0.348 e. The molecule has 4 nitrogen and oxygen atoms in total. The maximum absolute atomic E-state index is 13.5. The Morgan fingerprint density at radius 1 is 1.19 bits per heavy atom. The molecule has 0 fully saturated rings. The Balaban J connectivity index is 1.82. The van der Waals surface area contributed by atoms with E-state index in [4.69, 9.17) is 0 Å². The predicted octanol–water partition coefficient (Wildman–Crippen LogP) is 4.18. The lowest BCUT2D eigenvalue weighted by Gasteiger charge is -2.12. The van der Waals surface area contributed by atoms with Gasteiger partial charge < -0.3 is 9.88 Å². The van der Waals surface area contributed by atoms with Crippen LogP contribution in [0, 0.1) is 5.82 Å². The van der Waals surface area contributed by atoms with Crippen molar-refractivity contribution in [2.45, 2.75) is 12.7 Å². The van der Waals surface area contributed by atoms with Gasteiger partial charge in [-0.05, 0) is 29.8 Å². The molecule has 0 aliphatic rings. The van der Waals surface area contributed by atoms with Gasteiger partial charge in [0.05, 0.1) is 11.1 Å². The average molecular weight is 377 g/mol. The standard InChI is InChI=1S/C19H15F4N3O/c1-26-7-6-24-17(26)15-4-2-3-5-16(15)18(27)25-11-12-8-13(19(21,22)23)10-14(20)9-12/h2-10H,11H2,1H3,(H,25,27). The number of amides is 1. The molecule has 0 spiro atoms. The maximum Gasteiger partial charge on any atom is 0.416 e. The van der Waals surface area contributed by atoms with E-state index in [1.54, 1.807) is 48.3 Å². The number of nitrogens with zero attached hydrogens (tertiary/aromatic N) is 2. The van der Waals surface area contributed by atoms with Crippen molar-refractivity contribution in [1.29, 1.82) is 0 Å². The molecule has 0 saturated carbocycles. The van der Waals surface area contributed by atoms with Crippen LogP contribution >= 0.6 is 0 Å². The highest BCUT2D eigenvalue weighted by atomic mass is 19.4. The summed E-state index contributed by atoms with van der Waals surface area (Å²) >= 11 is 0. The molecule has 1 heterocycles. The largest absolute Gasteiger partial charge is 0.416 e. The third kappa shape index (κ3) is 4.16. The third-order valence-electron chi connectivity index (χ3n) is 3.97. The summed E-state index contributed by atoms with van der Waals surface area (Å²) in [4.78, 5) is 16.8. The van der Waals surface area contributed by atoms with E-state index in [1.807, 2.05) is 0 Å². The van der Waals surface area contributed by atoms with Gasteiger partial charge in [0.1, 0.15) is 11.6 Å². The van der Waals surface area contributed by atoms with Crippen molar-refractivity contribution >= 4 is 5.91 Å². The van der Waals surface area contributed by atoms with Gasteiger partial charge in [0.2, 0.25) is 0 Å². The number of carbonyl (C=O) groups excluding carboxylic acids is 1. The molecule has 0 saturated heterocycles. The first-order chi connectivity index (χ1) is 12.8. The Morgan fingerprint density at radius 3 is 2.59 bits per heavy atom. The second-order valence-electron chi connectivity index (χ2n) is 5.94. The molecule has 140 valence electrons. The fourth-order valence-electron chi connectivity index (χ4n) is 2.69. The smallest absolute Gasteiger partial charge is 0.348 e. The molecule has 8 heteroatoms. The van der Waals surface area contributed by atoms with Crippen LogP contribution in [0.25, 0.3) is 11.4 Å². The molecule has 1 N–H and O–H groups in total. The predicted molar refractivity (Wildman–Crippen MR) is 91.2 cm³/mol. The minimum absolute atomic E-state index is 0.0187. The van der Waals surface area contributed by atoms with Gasteiger partial charge in [-0.15, -0.1) is 0 Å². The topological polar surface area (TPSA) is 46.9 Å². The Hall–Kier alpha value is -3.16. The maximum atomic E-state index is 13.5. The Labute approximate surface area is 152 Å². The number of rotatable bonds is 4. The minimum atomic E-state index is -4.66. The van der Waals surface area contributed by atoms with Gasteiger partial charge in [-0.2, -0.15) is 13.2 Å². The first-order valence-corrected chi connectivity index (χ1v) is 7.97. The van der Waals surface area contributed by atoms with Crippen LogP contribution in [-0.4, -0.2) is 15.5 Å². The zero-order valence-corrected chi connectivity index (χ0v) is 14.2. The third-order valence-corrected chi connectivity index (χ3v) is 3.97. The second kappa shape index (κ2) is 7.22. The number of halogens is 4. The van der Waals surface area contributed by atoms with E-state index in [9.17, 15) is 22.4 Å². The van der Waals surface area contributed by atoms with Crippen LogP contribution in [0.1, 0.15) is 21.5 Å². The Morgan fingerprint density at radius 2 is 1.93 bits per heavy atom. The van der Waals surface area contributed by atoms with Gasteiger partial charge >= 0.3 is 6.18 Å². The zero-order chi connectivity index (χ0) is 19.6. The molecule has 0 atom stereocenters. The van der Waals surface area contributed by atoms with Gasteiger partial charge in [0.25, 0.3) is 5.91 Å². The molecule has 0 radical (unpaired) electrons. The van der Waals surface area contributed by atoms with Gasteiger partial charge in [-0.1, -0.05) is 18.2 Å². The summed E-state index contributed by atoms with van der Waals surface area (Å²) < 4.78 is 53.6. The van der Waals surface area contributed by atoms with E-state index in [0.29, 0.717) is 23.0 Å². The lowest BCUT2D eigenvalue weighted by atomic mass is 10.1. The van der Waals surface area contributed by atoms with E-state index in [2.05, 4.69) is 10.3 Å². The summed E-state index contributed by atoms with van der Waals surface area (Å²) in [5, 5.41) is 2.53. The number of aromatic nitrogens is 2. The van der Waals surface area contributed by atoms with E-state index in [-0.39, 0.29) is 12.1 Å². The van der Waals surface area contributed by atoms with E-state index >= 15 is 0 Å². The van der Waals surface area contributed by atoms with Crippen molar-refractivity contribution in [3.05, 3.63) is 77.4 Å². The number of benzene rings is 2. The molecule has 27 heavy (non-hydrogen) atoms. The van der Waals surface area contributed by atoms with Crippen LogP contribution in [-0.2, 0) is 19.8 Å². The molecule has 2 aromatic carbocycles. The van der Waals surface area contributed by atoms with Crippen molar-refractivity contribution < 1.29 is 22.4 Å². The first-order valence-electron chi connectivity index (χ1n) is 7.97. The van der Waals surface area contributed by atoms with Gasteiger partial charge in [0, 0.05) is 31.5 Å². The monoisotopic (exact) mass is 377 g/mol. The van der Waals surface area contributed by atoms with Crippen LogP contribution in [0.3, 0.4) is 0 Å². The molecule has 0 aliphatic carbocycles. The van der Waals surface area contributed by atoms with E-state index in [1.165, 1.54) is 0 Å². The second-order valence-corrected chi connectivity index (χ2v) is 5.94. The number of aryl methyl sites for hydroxylation is 1. The molecule has 3 aromatic rings. The molecular weight excluding hydrogens is 362 g/mol. The molecule has 1 amide bonds. The van der Waals surface area contributed by atoms with Crippen LogP contribution < -0.4 is 5.32 Å². The zero-order valence-electron chi connectivity index (χ0n) is 14.2. The van der Waals surface area contributed by atoms with Crippen LogP contribution in [0.15, 0.2) is 54.9 Å². The normalized spacial score (nSPS) is 11.4. The summed E-state index contributed by atoms with van der Waals surface area (Å²) in [7, 11) is 1.78. The van der Waals surface area contributed by atoms with Crippen LogP contribution in [0.2, 0.25) is 0 Å². The molecule has 0 bridgehead atoms. The first kappa shape index (κ1) is 18.6. The number of hydrogen-bond acceptors (Lipinski definition) is 2. The summed E-state index contributed by atoms with van der Waals surface area (Å²) in [6, 6.07) is 8.93. The number of carbonyl (C=O) groups is 1. The molecule has 1 aromatic heterocycles. The fourth-order valence-corrected chi connectivity index (χ4v) is 2.69. The van der Waals surface area contributed by atoms with Gasteiger partial charge in [-0.3, -0.25) is 4.79 Å². The van der Waals surface area contributed by atoms with E-state index in [0.717, 1.165) is 12.1 Å². The lowest BCUT2D eigenvalue weighted by molar-refractivity contribution is -0.137. The Bertz CT molecular complexity index is 979. The number of imidazole rings is 1. The molecule has 0 unspecified atom stereocenters. The summed E-state index contributed by atoms with van der Waals surface area (Å²) in [6.45, 7) is -0.241. The summed E-state index contributed by atoms with van der Waals surface area (Å²) in [5.41, 5.74) is -0.178. The van der Waals surface area contributed by atoms with Crippen molar-refractivity contribution in [2.75, 3.05) is 0 Å². The fraction of sp³-hybridized carbons (Fsp3) is 0.158. The number of nitrogens with one attached hydrogen (secondary N) is 1. The number of hydrogen-bond donors (Lipinski definition) is 1. The van der Waals surface area contributed by atoms with Crippen molar-refractivity contribution in [3.8, 4) is 11.4 Å². The highest BCUT2D eigenvalue weighted by Gasteiger charge is 2.31. The van der Waals surface area contributed by atoms with Crippen LogP contribution in [0.5, 0.6) is 0 Å². The molecular formula is C19H15F4N3O. The lowest BCUT2D eigenvalue weighted by Crippen LogP contribution is -2.24. The highest BCUT2D eigenvalue weighted by Crippen LogP contribution is 2.30. The average Bonchev–Trinajstić information content (AvgIpc) is 3.04.